The van der Waals surface area contributed by atoms with E-state index >= 15 is 0 Å². The molecule has 0 aliphatic heterocycles. The predicted molar refractivity (Wildman–Crippen MR) is 119 cm³/mol. The van der Waals surface area contributed by atoms with E-state index in [-0.39, 0.29) is 29.7 Å². The Morgan fingerprint density at radius 2 is 1.93 bits per heavy atom. The van der Waals surface area contributed by atoms with Gasteiger partial charge in [-0.25, -0.2) is 4.99 Å². The van der Waals surface area contributed by atoms with Crippen molar-refractivity contribution >= 4 is 35.6 Å². The minimum atomic E-state index is -0.395. The summed E-state index contributed by atoms with van der Waals surface area (Å²) in [7, 11) is 0. The fourth-order valence-corrected chi connectivity index (χ4v) is 3.00. The smallest absolute Gasteiger partial charge is 0.269 e. The molecule has 0 bridgehead atoms. The SMILES string of the molecule is CCNC(=NCc1ccc([N+](=O)[O-])cc1)NCCCOC1CCCCC1.I. The van der Waals surface area contributed by atoms with Crippen LogP contribution in [0.25, 0.3) is 0 Å². The molecule has 2 rings (SSSR count). The third-order valence-corrected chi connectivity index (χ3v) is 4.43. The highest BCUT2D eigenvalue weighted by Crippen LogP contribution is 2.20. The standard InChI is InChI=1S/C19H30N4O3.HI/c1-2-20-19(21-13-6-14-26-18-7-4-3-5-8-18)22-15-16-9-11-17(12-10-16)23(24)25;/h9-12,18H,2-8,13-15H2,1H3,(H2,20,21,22);1H. The molecule has 0 saturated heterocycles. The number of nitrogens with zero attached hydrogens (tertiary/aromatic N) is 2. The van der Waals surface area contributed by atoms with Gasteiger partial charge < -0.3 is 15.4 Å². The number of nitrogens with one attached hydrogen (secondary N) is 2. The van der Waals surface area contributed by atoms with Crippen LogP contribution >= 0.6 is 24.0 Å². The topological polar surface area (TPSA) is 88.8 Å². The van der Waals surface area contributed by atoms with Gasteiger partial charge in [-0.3, -0.25) is 10.1 Å². The van der Waals surface area contributed by atoms with Crippen molar-refractivity contribution in [2.24, 2.45) is 4.99 Å². The summed E-state index contributed by atoms with van der Waals surface area (Å²) in [5.41, 5.74) is 1.04. The number of benzene rings is 1. The summed E-state index contributed by atoms with van der Waals surface area (Å²) in [6, 6.07) is 6.49. The first-order chi connectivity index (χ1) is 12.7. The van der Waals surface area contributed by atoms with Gasteiger partial charge in [0.2, 0.25) is 0 Å². The summed E-state index contributed by atoms with van der Waals surface area (Å²) in [5.74, 6) is 0.753. The molecule has 0 atom stereocenters. The van der Waals surface area contributed by atoms with E-state index in [1.54, 1.807) is 12.1 Å². The van der Waals surface area contributed by atoms with Crippen LogP contribution in [0.2, 0.25) is 0 Å². The molecular formula is C19H31IN4O3. The molecule has 0 radical (unpaired) electrons. The van der Waals surface area contributed by atoms with Crippen molar-refractivity contribution in [1.82, 2.24) is 10.6 Å². The van der Waals surface area contributed by atoms with Gasteiger partial charge in [-0.2, -0.15) is 0 Å². The van der Waals surface area contributed by atoms with E-state index in [1.807, 2.05) is 6.92 Å². The van der Waals surface area contributed by atoms with Crippen LogP contribution < -0.4 is 10.6 Å². The van der Waals surface area contributed by atoms with Crippen molar-refractivity contribution < 1.29 is 9.66 Å². The number of halogens is 1. The van der Waals surface area contributed by atoms with Gasteiger partial charge in [-0.15, -0.1) is 24.0 Å². The van der Waals surface area contributed by atoms with E-state index in [0.717, 1.165) is 37.6 Å². The lowest BCUT2D eigenvalue weighted by Gasteiger charge is -2.22. The summed E-state index contributed by atoms with van der Waals surface area (Å²) in [6.45, 7) is 4.87. The van der Waals surface area contributed by atoms with Crippen LogP contribution in [-0.4, -0.2) is 36.7 Å². The second kappa shape index (κ2) is 13.7. The Morgan fingerprint density at radius 1 is 1.22 bits per heavy atom. The van der Waals surface area contributed by atoms with Crippen molar-refractivity contribution in [3.05, 3.63) is 39.9 Å². The van der Waals surface area contributed by atoms with E-state index in [1.165, 1.54) is 44.2 Å². The number of nitro groups is 1. The van der Waals surface area contributed by atoms with Crippen LogP contribution in [0, 0.1) is 10.1 Å². The van der Waals surface area contributed by atoms with Crippen LogP contribution in [-0.2, 0) is 11.3 Å². The molecule has 0 spiro atoms. The summed E-state index contributed by atoms with van der Waals surface area (Å²) >= 11 is 0. The van der Waals surface area contributed by atoms with Crippen molar-refractivity contribution in [3.63, 3.8) is 0 Å². The third-order valence-electron chi connectivity index (χ3n) is 4.43. The van der Waals surface area contributed by atoms with E-state index < -0.39 is 4.92 Å². The molecule has 2 N–H and O–H groups in total. The molecule has 1 saturated carbocycles. The molecule has 1 fully saturated rings. The fourth-order valence-electron chi connectivity index (χ4n) is 3.00. The number of nitro benzene ring substituents is 1. The molecule has 27 heavy (non-hydrogen) atoms. The second-order valence-corrected chi connectivity index (χ2v) is 6.53. The van der Waals surface area contributed by atoms with Gasteiger partial charge in [-0.05, 0) is 31.7 Å². The number of rotatable bonds is 9. The molecule has 1 aromatic rings. The Kier molecular flexibility index (Phi) is 12.0. The molecule has 1 aliphatic carbocycles. The van der Waals surface area contributed by atoms with E-state index in [0.29, 0.717) is 12.6 Å². The number of hydrogen-bond acceptors (Lipinski definition) is 4. The zero-order valence-corrected chi connectivity index (χ0v) is 18.3. The van der Waals surface area contributed by atoms with Crippen LogP contribution in [0.1, 0.15) is 51.0 Å². The maximum atomic E-state index is 10.7. The lowest BCUT2D eigenvalue weighted by Crippen LogP contribution is -2.38. The fraction of sp³-hybridized carbons (Fsp3) is 0.632. The number of non-ortho nitro benzene ring substituents is 1. The molecule has 1 aliphatic rings. The quantitative estimate of drug-likeness (QED) is 0.136. The zero-order chi connectivity index (χ0) is 18.6. The van der Waals surface area contributed by atoms with Crippen molar-refractivity contribution in [2.75, 3.05) is 19.7 Å². The minimum absolute atomic E-state index is 0. The third kappa shape index (κ3) is 9.37. The summed E-state index contributed by atoms with van der Waals surface area (Å²) in [6.07, 6.45) is 7.73. The first-order valence-electron chi connectivity index (χ1n) is 9.56. The number of guanidine groups is 1. The van der Waals surface area contributed by atoms with Gasteiger partial charge in [0.25, 0.3) is 5.69 Å². The molecule has 0 unspecified atom stereocenters. The number of aliphatic imine (C=N–C) groups is 1. The van der Waals surface area contributed by atoms with Crippen molar-refractivity contribution in [3.8, 4) is 0 Å². The molecule has 0 amide bonds. The zero-order valence-electron chi connectivity index (χ0n) is 16.0. The van der Waals surface area contributed by atoms with Crippen molar-refractivity contribution in [1.29, 1.82) is 0 Å². The normalized spacial score (nSPS) is 15.1. The van der Waals surface area contributed by atoms with E-state index in [4.69, 9.17) is 4.74 Å². The second-order valence-electron chi connectivity index (χ2n) is 6.53. The van der Waals surface area contributed by atoms with Gasteiger partial charge >= 0.3 is 0 Å². The minimum Gasteiger partial charge on any atom is -0.378 e. The van der Waals surface area contributed by atoms with Crippen LogP contribution in [0.3, 0.4) is 0 Å². The summed E-state index contributed by atoms with van der Waals surface area (Å²) < 4.78 is 5.93. The van der Waals surface area contributed by atoms with Gasteiger partial charge in [-0.1, -0.05) is 31.4 Å². The van der Waals surface area contributed by atoms with Gasteiger partial charge in [0.05, 0.1) is 17.6 Å². The first kappa shape index (κ1) is 23.6. The Bertz CT molecular complexity index is 575. The summed E-state index contributed by atoms with van der Waals surface area (Å²) in [4.78, 5) is 14.8. The van der Waals surface area contributed by atoms with E-state index in [2.05, 4.69) is 15.6 Å². The molecule has 152 valence electrons. The Hall–Kier alpha value is -1.42. The average molecular weight is 490 g/mol. The maximum absolute atomic E-state index is 10.7. The van der Waals surface area contributed by atoms with Gasteiger partial charge in [0.15, 0.2) is 5.96 Å². The highest BCUT2D eigenvalue weighted by molar-refractivity contribution is 14.0. The highest BCUT2D eigenvalue weighted by Gasteiger charge is 2.13. The Labute approximate surface area is 178 Å². The highest BCUT2D eigenvalue weighted by atomic mass is 127. The Balaban J connectivity index is 0.00000364. The molecule has 8 heteroatoms. The molecule has 0 aromatic heterocycles. The van der Waals surface area contributed by atoms with Gasteiger partial charge in [0, 0.05) is 31.8 Å². The predicted octanol–water partition coefficient (Wildman–Crippen LogP) is 4.01. The average Bonchev–Trinajstić information content (AvgIpc) is 2.67. The monoisotopic (exact) mass is 490 g/mol. The Morgan fingerprint density at radius 3 is 2.56 bits per heavy atom. The van der Waals surface area contributed by atoms with Crippen LogP contribution in [0.5, 0.6) is 0 Å². The van der Waals surface area contributed by atoms with E-state index in [9.17, 15) is 10.1 Å². The lowest BCUT2D eigenvalue weighted by molar-refractivity contribution is -0.384. The van der Waals surface area contributed by atoms with Gasteiger partial charge in [0.1, 0.15) is 0 Å². The largest absolute Gasteiger partial charge is 0.378 e. The van der Waals surface area contributed by atoms with Crippen LogP contribution in [0.4, 0.5) is 5.69 Å². The molecule has 0 heterocycles. The maximum Gasteiger partial charge on any atom is 0.269 e. The van der Waals surface area contributed by atoms with Crippen molar-refractivity contribution in [2.45, 2.75) is 58.1 Å². The summed E-state index contributed by atoms with van der Waals surface area (Å²) in [5, 5.41) is 17.2. The van der Waals surface area contributed by atoms with Crippen LogP contribution in [0.15, 0.2) is 29.3 Å². The number of ether oxygens (including phenoxy) is 1. The molecule has 1 aromatic carbocycles. The molecule has 7 nitrogen and oxygen atoms in total. The molecular weight excluding hydrogens is 459 g/mol. The lowest BCUT2D eigenvalue weighted by atomic mass is 9.98. The first-order valence-corrected chi connectivity index (χ1v) is 9.56. The number of hydrogen-bond donors (Lipinski definition) is 2.